The van der Waals surface area contributed by atoms with E-state index in [1.807, 2.05) is 32.0 Å². The molecule has 0 saturated heterocycles. The Hall–Kier alpha value is -2.58. The SMILES string of the molecule is CCOC(=O)C1=C(CN(CC)CC)NC(=O)N[C@@H]1c1ccc(OC)c(COC)c1. The van der Waals surface area contributed by atoms with Gasteiger partial charge >= 0.3 is 12.0 Å². The summed E-state index contributed by atoms with van der Waals surface area (Å²) in [6.07, 6.45) is 0. The van der Waals surface area contributed by atoms with Crippen LogP contribution in [0.25, 0.3) is 0 Å². The van der Waals surface area contributed by atoms with E-state index in [2.05, 4.69) is 15.5 Å². The molecule has 0 radical (unpaired) electrons. The highest BCUT2D eigenvalue weighted by atomic mass is 16.5. The lowest BCUT2D eigenvalue weighted by atomic mass is 9.93. The highest BCUT2D eigenvalue weighted by Gasteiger charge is 2.34. The van der Waals surface area contributed by atoms with Crippen LogP contribution in [-0.2, 0) is 20.9 Å². The maximum atomic E-state index is 12.9. The standard InChI is InChI=1S/C21H31N3O5/c1-6-24(7-2)12-16-18(20(25)29-8-3)19(23-21(26)22-16)14-9-10-17(28-5)15(11-14)13-27-4/h9-11,19H,6-8,12-13H2,1-5H3,(H2,22,23,26)/t19-/m1/s1. The van der Waals surface area contributed by atoms with Crippen molar-refractivity contribution in [3.8, 4) is 5.75 Å². The van der Waals surface area contributed by atoms with E-state index in [-0.39, 0.29) is 12.6 Å². The molecule has 160 valence electrons. The summed E-state index contributed by atoms with van der Waals surface area (Å²) in [5.41, 5.74) is 2.55. The number of amides is 2. The van der Waals surface area contributed by atoms with E-state index in [1.54, 1.807) is 21.1 Å². The molecule has 1 aromatic carbocycles. The fraction of sp³-hybridized carbons (Fsp3) is 0.524. The lowest BCUT2D eigenvalue weighted by molar-refractivity contribution is -0.139. The highest BCUT2D eigenvalue weighted by Crippen LogP contribution is 2.31. The van der Waals surface area contributed by atoms with Crippen molar-refractivity contribution in [1.29, 1.82) is 0 Å². The first-order chi connectivity index (χ1) is 14.0. The monoisotopic (exact) mass is 405 g/mol. The number of carbonyl (C=O) groups excluding carboxylic acids is 2. The fourth-order valence-electron chi connectivity index (χ4n) is 3.36. The molecule has 0 unspecified atom stereocenters. The van der Waals surface area contributed by atoms with Crippen LogP contribution in [0.1, 0.15) is 37.9 Å². The summed E-state index contributed by atoms with van der Waals surface area (Å²) >= 11 is 0. The average Bonchev–Trinajstić information content (AvgIpc) is 2.71. The summed E-state index contributed by atoms with van der Waals surface area (Å²) in [5.74, 6) is 0.233. The molecule has 1 aliphatic rings. The molecule has 2 rings (SSSR count). The molecule has 8 nitrogen and oxygen atoms in total. The van der Waals surface area contributed by atoms with E-state index in [0.29, 0.717) is 30.2 Å². The number of nitrogens with one attached hydrogen (secondary N) is 2. The van der Waals surface area contributed by atoms with Crippen molar-refractivity contribution in [3.63, 3.8) is 0 Å². The normalized spacial score (nSPS) is 16.5. The predicted octanol–water partition coefficient (Wildman–Crippen LogP) is 2.35. The molecular formula is C21H31N3O5. The molecule has 0 bridgehead atoms. The summed E-state index contributed by atoms with van der Waals surface area (Å²) < 4.78 is 16.0. The van der Waals surface area contributed by atoms with Gasteiger partial charge in [-0.3, -0.25) is 4.90 Å². The van der Waals surface area contributed by atoms with Gasteiger partial charge in [0.2, 0.25) is 0 Å². The molecule has 0 aliphatic carbocycles. The molecule has 0 saturated carbocycles. The number of hydrogen-bond acceptors (Lipinski definition) is 6. The van der Waals surface area contributed by atoms with Crippen LogP contribution in [0.2, 0.25) is 0 Å². The fourth-order valence-corrected chi connectivity index (χ4v) is 3.36. The van der Waals surface area contributed by atoms with Gasteiger partial charge in [-0.2, -0.15) is 0 Å². The van der Waals surface area contributed by atoms with Gasteiger partial charge in [-0.05, 0) is 37.7 Å². The second kappa shape index (κ2) is 10.8. The van der Waals surface area contributed by atoms with Gasteiger partial charge in [-0.1, -0.05) is 19.9 Å². The van der Waals surface area contributed by atoms with Crippen LogP contribution in [0.4, 0.5) is 4.79 Å². The summed E-state index contributed by atoms with van der Waals surface area (Å²) in [6, 6.07) is 4.55. The lowest BCUT2D eigenvalue weighted by Gasteiger charge is -2.32. The molecule has 2 amide bonds. The molecule has 0 spiro atoms. The van der Waals surface area contributed by atoms with Gasteiger partial charge in [0.15, 0.2) is 0 Å². The van der Waals surface area contributed by atoms with E-state index >= 15 is 0 Å². The third-order valence-corrected chi connectivity index (χ3v) is 4.86. The molecule has 2 N–H and O–H groups in total. The minimum atomic E-state index is -0.630. The second-order valence-electron chi connectivity index (χ2n) is 6.61. The van der Waals surface area contributed by atoms with Crippen molar-refractivity contribution in [2.24, 2.45) is 0 Å². The predicted molar refractivity (Wildman–Crippen MR) is 110 cm³/mol. The molecule has 1 aromatic rings. The third kappa shape index (κ3) is 5.48. The van der Waals surface area contributed by atoms with E-state index in [9.17, 15) is 9.59 Å². The van der Waals surface area contributed by atoms with Gasteiger partial charge in [0.05, 0.1) is 31.9 Å². The zero-order chi connectivity index (χ0) is 21.4. The molecule has 1 aliphatic heterocycles. The number of hydrogen-bond donors (Lipinski definition) is 2. The minimum Gasteiger partial charge on any atom is -0.496 e. The number of likely N-dealkylation sites (N-methyl/N-ethyl adjacent to an activating group) is 1. The Morgan fingerprint density at radius 1 is 1.17 bits per heavy atom. The molecule has 1 atom stereocenters. The number of urea groups is 1. The van der Waals surface area contributed by atoms with Gasteiger partial charge in [0.1, 0.15) is 5.75 Å². The Morgan fingerprint density at radius 3 is 2.48 bits per heavy atom. The Labute approximate surface area is 172 Å². The van der Waals surface area contributed by atoms with Crippen LogP contribution in [0.5, 0.6) is 5.75 Å². The van der Waals surface area contributed by atoms with Crippen molar-refractivity contribution in [2.75, 3.05) is 40.5 Å². The average molecular weight is 405 g/mol. The van der Waals surface area contributed by atoms with Crippen LogP contribution < -0.4 is 15.4 Å². The van der Waals surface area contributed by atoms with E-state index < -0.39 is 12.0 Å². The van der Waals surface area contributed by atoms with Gasteiger partial charge in [-0.15, -0.1) is 0 Å². The van der Waals surface area contributed by atoms with Gasteiger partial charge in [0, 0.05) is 24.9 Å². The maximum absolute atomic E-state index is 12.9. The van der Waals surface area contributed by atoms with E-state index in [4.69, 9.17) is 14.2 Å². The molecule has 1 heterocycles. The Bertz CT molecular complexity index is 759. The second-order valence-corrected chi connectivity index (χ2v) is 6.61. The zero-order valence-electron chi connectivity index (χ0n) is 17.8. The van der Waals surface area contributed by atoms with Crippen molar-refractivity contribution in [3.05, 3.63) is 40.6 Å². The van der Waals surface area contributed by atoms with Crippen molar-refractivity contribution < 1.29 is 23.8 Å². The number of methoxy groups -OCH3 is 2. The first-order valence-corrected chi connectivity index (χ1v) is 9.84. The van der Waals surface area contributed by atoms with Crippen LogP contribution in [-0.4, -0.2) is 57.4 Å². The Balaban J connectivity index is 2.55. The van der Waals surface area contributed by atoms with Crippen molar-refractivity contribution in [1.82, 2.24) is 15.5 Å². The maximum Gasteiger partial charge on any atom is 0.338 e. The van der Waals surface area contributed by atoms with Gasteiger partial charge in [0.25, 0.3) is 0 Å². The van der Waals surface area contributed by atoms with Gasteiger partial charge in [-0.25, -0.2) is 9.59 Å². The van der Waals surface area contributed by atoms with Crippen molar-refractivity contribution in [2.45, 2.75) is 33.4 Å². The summed E-state index contributed by atoms with van der Waals surface area (Å²) in [7, 11) is 3.19. The third-order valence-electron chi connectivity index (χ3n) is 4.86. The number of esters is 1. The minimum absolute atomic E-state index is 0.249. The molecule has 29 heavy (non-hydrogen) atoms. The van der Waals surface area contributed by atoms with Gasteiger partial charge < -0.3 is 24.8 Å². The number of nitrogens with zero attached hydrogens (tertiary/aromatic N) is 1. The number of ether oxygens (including phenoxy) is 3. The summed E-state index contributed by atoms with van der Waals surface area (Å²) in [6.45, 7) is 8.47. The highest BCUT2D eigenvalue weighted by molar-refractivity contribution is 5.95. The van der Waals surface area contributed by atoms with E-state index in [0.717, 1.165) is 24.2 Å². The summed E-state index contributed by atoms with van der Waals surface area (Å²) in [5, 5.41) is 5.66. The smallest absolute Gasteiger partial charge is 0.338 e. The molecular weight excluding hydrogens is 374 g/mol. The Kier molecular flexibility index (Phi) is 8.48. The van der Waals surface area contributed by atoms with Crippen LogP contribution in [0, 0.1) is 0 Å². The number of rotatable bonds is 10. The largest absolute Gasteiger partial charge is 0.496 e. The van der Waals surface area contributed by atoms with Crippen LogP contribution in [0.15, 0.2) is 29.5 Å². The first-order valence-electron chi connectivity index (χ1n) is 9.84. The van der Waals surface area contributed by atoms with E-state index in [1.165, 1.54) is 0 Å². The van der Waals surface area contributed by atoms with Crippen molar-refractivity contribution >= 4 is 12.0 Å². The topological polar surface area (TPSA) is 89.1 Å². The lowest BCUT2D eigenvalue weighted by Crippen LogP contribution is -2.48. The zero-order valence-corrected chi connectivity index (χ0v) is 17.8. The number of benzene rings is 1. The first kappa shape index (κ1) is 22.7. The summed E-state index contributed by atoms with van der Waals surface area (Å²) in [4.78, 5) is 27.4. The molecule has 0 aromatic heterocycles. The van der Waals surface area contributed by atoms with Crippen LogP contribution in [0.3, 0.4) is 0 Å². The molecule has 0 fully saturated rings. The van der Waals surface area contributed by atoms with Crippen LogP contribution >= 0.6 is 0 Å². The number of carbonyl (C=O) groups is 2. The molecule has 8 heteroatoms. The quantitative estimate of drug-likeness (QED) is 0.581. The Morgan fingerprint density at radius 2 is 1.90 bits per heavy atom.